The van der Waals surface area contributed by atoms with Crippen LogP contribution in [0, 0.1) is 5.92 Å². The van der Waals surface area contributed by atoms with Crippen LogP contribution >= 0.6 is 0 Å². The fraction of sp³-hybridized carbons (Fsp3) is 0.682. The van der Waals surface area contributed by atoms with E-state index in [4.69, 9.17) is 0 Å². The molecule has 4 nitrogen and oxygen atoms in total. The van der Waals surface area contributed by atoms with E-state index < -0.39 is 5.60 Å². The molecule has 0 unspecified atom stereocenters. The molecule has 1 aliphatic rings. The minimum absolute atomic E-state index is 0.130. The van der Waals surface area contributed by atoms with Crippen molar-refractivity contribution in [3.05, 3.63) is 35.9 Å². The molecule has 0 spiro atoms. The van der Waals surface area contributed by atoms with E-state index in [1.807, 2.05) is 36.9 Å². The topological polar surface area (TPSA) is 52.6 Å². The van der Waals surface area contributed by atoms with Crippen molar-refractivity contribution in [1.29, 1.82) is 0 Å². The van der Waals surface area contributed by atoms with E-state index in [0.717, 1.165) is 31.2 Å². The van der Waals surface area contributed by atoms with E-state index in [2.05, 4.69) is 31.3 Å². The normalized spacial score (nSPS) is 19.2. The molecule has 1 saturated carbocycles. The van der Waals surface area contributed by atoms with Crippen LogP contribution in [0.3, 0.4) is 0 Å². The molecule has 146 valence electrons. The summed E-state index contributed by atoms with van der Waals surface area (Å²) in [5.41, 5.74) is 0.269. The maximum absolute atomic E-state index is 13.1. The van der Waals surface area contributed by atoms with Crippen molar-refractivity contribution in [3.8, 4) is 0 Å². The van der Waals surface area contributed by atoms with Crippen molar-refractivity contribution >= 4 is 5.91 Å². The molecule has 2 rings (SSSR count). The van der Waals surface area contributed by atoms with Gasteiger partial charge in [-0.15, -0.1) is 0 Å². The average molecular weight is 361 g/mol. The highest BCUT2D eigenvalue weighted by molar-refractivity contribution is 5.82. The summed E-state index contributed by atoms with van der Waals surface area (Å²) in [5, 5.41) is 15.1. The van der Waals surface area contributed by atoms with Crippen LogP contribution in [-0.2, 0) is 4.79 Å². The lowest BCUT2D eigenvalue weighted by molar-refractivity contribution is -0.135. The Bertz CT molecular complexity index is 549. The first kappa shape index (κ1) is 20.9. The van der Waals surface area contributed by atoms with Gasteiger partial charge in [0.15, 0.2) is 0 Å². The van der Waals surface area contributed by atoms with Crippen LogP contribution in [0.2, 0.25) is 0 Å². The summed E-state index contributed by atoms with van der Waals surface area (Å²) in [4.78, 5) is 15.0. The van der Waals surface area contributed by atoms with Gasteiger partial charge in [-0.2, -0.15) is 0 Å². The van der Waals surface area contributed by atoms with Crippen LogP contribution in [0.5, 0.6) is 0 Å². The number of carbonyl (C=O) groups is 1. The van der Waals surface area contributed by atoms with E-state index >= 15 is 0 Å². The van der Waals surface area contributed by atoms with Crippen molar-refractivity contribution in [1.82, 2.24) is 10.2 Å². The number of nitrogens with zero attached hydrogens (tertiary/aromatic N) is 1. The molecule has 2 atom stereocenters. The molecule has 0 heterocycles. The average Bonchev–Trinajstić information content (AvgIpc) is 2.64. The minimum Gasteiger partial charge on any atom is -0.388 e. The van der Waals surface area contributed by atoms with E-state index in [1.165, 1.54) is 6.42 Å². The third kappa shape index (κ3) is 4.86. The molecule has 0 bridgehead atoms. The van der Waals surface area contributed by atoms with Gasteiger partial charge in [0.1, 0.15) is 0 Å². The maximum atomic E-state index is 13.1. The molecule has 0 saturated heterocycles. The molecular formula is C22H36N2O2. The van der Waals surface area contributed by atoms with Gasteiger partial charge in [-0.25, -0.2) is 0 Å². The van der Waals surface area contributed by atoms with Gasteiger partial charge in [0.2, 0.25) is 5.91 Å². The lowest BCUT2D eigenvalue weighted by Gasteiger charge is -2.42. The first-order valence-corrected chi connectivity index (χ1v) is 10.2. The molecular weight excluding hydrogens is 324 g/mol. The molecule has 1 aromatic rings. The Morgan fingerprint density at radius 1 is 1.12 bits per heavy atom. The van der Waals surface area contributed by atoms with Gasteiger partial charge in [0.25, 0.3) is 0 Å². The molecule has 1 fully saturated rings. The number of rotatable bonds is 8. The van der Waals surface area contributed by atoms with Gasteiger partial charge in [0.05, 0.1) is 17.7 Å². The van der Waals surface area contributed by atoms with Gasteiger partial charge in [0, 0.05) is 13.1 Å². The Morgan fingerprint density at radius 2 is 1.69 bits per heavy atom. The SMILES string of the molecule is CCN(CC)C(=O)[C@@H](N[C@H](c1ccccc1)C1(O)CCCCC1)C(C)C. The third-order valence-corrected chi connectivity index (χ3v) is 5.74. The van der Waals surface area contributed by atoms with E-state index in [9.17, 15) is 9.90 Å². The first-order valence-electron chi connectivity index (χ1n) is 10.2. The monoisotopic (exact) mass is 360 g/mol. The number of benzene rings is 1. The van der Waals surface area contributed by atoms with Crippen molar-refractivity contribution < 1.29 is 9.90 Å². The fourth-order valence-corrected chi connectivity index (χ4v) is 4.12. The second kappa shape index (κ2) is 9.52. The highest BCUT2D eigenvalue weighted by atomic mass is 16.3. The zero-order chi connectivity index (χ0) is 19.2. The van der Waals surface area contributed by atoms with E-state index in [-0.39, 0.29) is 23.9 Å². The van der Waals surface area contributed by atoms with Crippen molar-refractivity contribution in [2.75, 3.05) is 13.1 Å². The van der Waals surface area contributed by atoms with Crippen LogP contribution in [0.1, 0.15) is 71.4 Å². The van der Waals surface area contributed by atoms with Crippen molar-refractivity contribution in [2.45, 2.75) is 77.5 Å². The molecule has 2 N–H and O–H groups in total. The summed E-state index contributed by atoms with van der Waals surface area (Å²) in [6, 6.07) is 9.60. The Morgan fingerprint density at radius 3 is 2.19 bits per heavy atom. The Balaban J connectivity index is 2.33. The maximum Gasteiger partial charge on any atom is 0.239 e. The summed E-state index contributed by atoms with van der Waals surface area (Å²) in [5.74, 6) is 0.284. The zero-order valence-corrected chi connectivity index (χ0v) is 16.9. The number of hydrogen-bond donors (Lipinski definition) is 2. The fourth-order valence-electron chi connectivity index (χ4n) is 4.12. The molecule has 0 aliphatic heterocycles. The zero-order valence-electron chi connectivity index (χ0n) is 16.9. The molecule has 1 aromatic carbocycles. The quantitative estimate of drug-likeness (QED) is 0.739. The molecule has 26 heavy (non-hydrogen) atoms. The van der Waals surface area contributed by atoms with E-state index in [0.29, 0.717) is 13.1 Å². The number of hydrogen-bond acceptors (Lipinski definition) is 3. The van der Waals surface area contributed by atoms with Crippen LogP contribution in [-0.4, -0.2) is 40.6 Å². The van der Waals surface area contributed by atoms with E-state index in [1.54, 1.807) is 0 Å². The molecule has 0 aromatic heterocycles. The number of likely N-dealkylation sites (N-methyl/N-ethyl adjacent to an activating group) is 1. The lowest BCUT2D eigenvalue weighted by Crippen LogP contribution is -2.55. The smallest absolute Gasteiger partial charge is 0.239 e. The van der Waals surface area contributed by atoms with Crippen molar-refractivity contribution in [3.63, 3.8) is 0 Å². The number of aliphatic hydroxyl groups is 1. The van der Waals surface area contributed by atoms with Gasteiger partial charge in [-0.05, 0) is 38.2 Å². The van der Waals surface area contributed by atoms with Gasteiger partial charge in [-0.1, -0.05) is 63.4 Å². The summed E-state index contributed by atoms with van der Waals surface area (Å²) in [6.07, 6.45) is 4.82. The third-order valence-electron chi connectivity index (χ3n) is 5.74. The summed E-state index contributed by atoms with van der Waals surface area (Å²) in [6.45, 7) is 9.60. The number of carbonyl (C=O) groups excluding carboxylic acids is 1. The second-order valence-corrected chi connectivity index (χ2v) is 7.91. The Kier molecular flexibility index (Phi) is 7.66. The molecule has 1 aliphatic carbocycles. The number of nitrogens with one attached hydrogen (secondary N) is 1. The molecule has 0 radical (unpaired) electrons. The standard InChI is InChI=1S/C22H36N2O2/c1-5-24(6-2)21(25)19(17(3)4)23-20(18-13-9-7-10-14-18)22(26)15-11-8-12-16-22/h7,9-10,13-14,17,19-20,23,26H,5-6,8,11-12,15-16H2,1-4H3/t19-,20+/m0/s1. The largest absolute Gasteiger partial charge is 0.388 e. The van der Waals surface area contributed by atoms with Crippen LogP contribution in [0.15, 0.2) is 30.3 Å². The minimum atomic E-state index is -0.795. The van der Waals surface area contributed by atoms with Gasteiger partial charge in [-0.3, -0.25) is 10.1 Å². The van der Waals surface area contributed by atoms with Crippen LogP contribution < -0.4 is 5.32 Å². The Hall–Kier alpha value is -1.39. The Labute approximate surface area is 159 Å². The predicted molar refractivity (Wildman–Crippen MR) is 107 cm³/mol. The van der Waals surface area contributed by atoms with Gasteiger partial charge < -0.3 is 10.0 Å². The second-order valence-electron chi connectivity index (χ2n) is 7.91. The highest BCUT2D eigenvalue weighted by Crippen LogP contribution is 2.39. The lowest BCUT2D eigenvalue weighted by atomic mass is 9.76. The van der Waals surface area contributed by atoms with Crippen LogP contribution in [0.25, 0.3) is 0 Å². The summed E-state index contributed by atoms with van der Waals surface area (Å²) in [7, 11) is 0. The highest BCUT2D eigenvalue weighted by Gasteiger charge is 2.41. The number of amides is 1. The first-order chi connectivity index (χ1) is 12.4. The molecule has 4 heteroatoms. The summed E-state index contributed by atoms with van der Waals surface area (Å²) < 4.78 is 0. The van der Waals surface area contributed by atoms with Gasteiger partial charge >= 0.3 is 0 Å². The summed E-state index contributed by atoms with van der Waals surface area (Å²) >= 11 is 0. The van der Waals surface area contributed by atoms with Crippen molar-refractivity contribution in [2.24, 2.45) is 5.92 Å². The van der Waals surface area contributed by atoms with Crippen LogP contribution in [0.4, 0.5) is 0 Å². The predicted octanol–water partition coefficient (Wildman–Crippen LogP) is 3.91. The molecule has 1 amide bonds.